The van der Waals surface area contributed by atoms with E-state index in [9.17, 15) is 13.0 Å². The Labute approximate surface area is 102 Å². The van der Waals surface area contributed by atoms with Crippen LogP contribution in [0.4, 0.5) is 8.78 Å². The fourth-order valence-electron chi connectivity index (χ4n) is 1.87. The van der Waals surface area contributed by atoms with Crippen molar-refractivity contribution in [2.45, 2.75) is 23.8 Å². The van der Waals surface area contributed by atoms with Gasteiger partial charge < -0.3 is 5.32 Å². The molecule has 0 heterocycles. The number of hydrogen-bond donors (Lipinski definition) is 1. The fraction of sp³-hybridized carbons (Fsp3) is 0.500. The van der Waals surface area contributed by atoms with Gasteiger partial charge in [0, 0.05) is 17.9 Å². The van der Waals surface area contributed by atoms with E-state index in [1.54, 1.807) is 0 Å². The van der Waals surface area contributed by atoms with Crippen molar-refractivity contribution in [2.75, 3.05) is 12.8 Å². The second kappa shape index (κ2) is 5.23. The summed E-state index contributed by atoms with van der Waals surface area (Å²) in [5.74, 6) is -0.443. The average molecular weight is 259 g/mol. The van der Waals surface area contributed by atoms with E-state index in [4.69, 9.17) is 0 Å². The summed E-state index contributed by atoms with van der Waals surface area (Å²) in [4.78, 5) is 0.0901. The van der Waals surface area contributed by atoms with Crippen molar-refractivity contribution < 1.29 is 13.0 Å². The van der Waals surface area contributed by atoms with E-state index in [0.717, 1.165) is 25.0 Å². The van der Waals surface area contributed by atoms with E-state index in [2.05, 4.69) is 5.32 Å². The van der Waals surface area contributed by atoms with Gasteiger partial charge in [0.2, 0.25) is 0 Å². The van der Waals surface area contributed by atoms with Crippen molar-refractivity contribution in [1.82, 2.24) is 5.32 Å². The number of nitrogens with one attached hydrogen (secondary N) is 1. The van der Waals surface area contributed by atoms with Crippen molar-refractivity contribution in [3.05, 3.63) is 29.8 Å². The zero-order valence-corrected chi connectivity index (χ0v) is 10.4. The monoisotopic (exact) mass is 259 g/mol. The molecule has 1 aromatic rings. The Kier molecular flexibility index (Phi) is 3.89. The number of benzene rings is 1. The molecule has 0 amide bonds. The van der Waals surface area contributed by atoms with E-state index in [1.807, 2.05) is 7.05 Å². The minimum absolute atomic E-state index is 0.0901. The molecule has 5 heteroatoms. The fourth-order valence-corrected chi connectivity index (χ4v) is 3.31. The summed E-state index contributed by atoms with van der Waals surface area (Å²) in [6.45, 7) is 0. The quantitative estimate of drug-likeness (QED) is 0.877. The van der Waals surface area contributed by atoms with Crippen LogP contribution in [0.2, 0.25) is 0 Å². The molecule has 2 atom stereocenters. The van der Waals surface area contributed by atoms with E-state index in [1.165, 1.54) is 6.07 Å². The van der Waals surface area contributed by atoms with Crippen molar-refractivity contribution in [2.24, 2.45) is 5.92 Å². The minimum atomic E-state index is -1.42. The molecule has 0 radical (unpaired) electrons. The molecule has 0 saturated heterocycles. The van der Waals surface area contributed by atoms with Crippen LogP contribution in [0.15, 0.2) is 23.1 Å². The molecule has 1 saturated carbocycles. The van der Waals surface area contributed by atoms with Gasteiger partial charge in [0.05, 0.1) is 15.7 Å². The SMILES string of the molecule is CNC(CS(=O)c1ccc(F)cc1F)C1CC1. The predicted molar refractivity (Wildman–Crippen MR) is 63.2 cm³/mol. The maximum absolute atomic E-state index is 13.4. The van der Waals surface area contributed by atoms with Gasteiger partial charge in [0.15, 0.2) is 0 Å². The summed E-state index contributed by atoms with van der Waals surface area (Å²) in [6.07, 6.45) is 2.27. The number of halogens is 2. The van der Waals surface area contributed by atoms with Crippen LogP contribution in [-0.4, -0.2) is 23.1 Å². The van der Waals surface area contributed by atoms with Crippen LogP contribution in [0.1, 0.15) is 12.8 Å². The molecule has 94 valence electrons. The van der Waals surface area contributed by atoms with E-state index < -0.39 is 22.4 Å². The number of rotatable bonds is 5. The molecule has 0 aliphatic heterocycles. The summed E-state index contributed by atoms with van der Waals surface area (Å²) in [7, 11) is 0.403. The largest absolute Gasteiger partial charge is 0.316 e. The molecular weight excluding hydrogens is 244 g/mol. The molecule has 2 rings (SSSR count). The first-order chi connectivity index (χ1) is 8.11. The lowest BCUT2D eigenvalue weighted by molar-refractivity contribution is 0.540. The van der Waals surface area contributed by atoms with Gasteiger partial charge >= 0.3 is 0 Å². The molecule has 0 aromatic heterocycles. The van der Waals surface area contributed by atoms with Crippen LogP contribution in [0.25, 0.3) is 0 Å². The van der Waals surface area contributed by atoms with Crippen molar-refractivity contribution in [3.8, 4) is 0 Å². The predicted octanol–water partition coefficient (Wildman–Crippen LogP) is 2.07. The molecule has 0 spiro atoms. The summed E-state index contributed by atoms with van der Waals surface area (Å²) >= 11 is 0. The number of hydrogen-bond acceptors (Lipinski definition) is 2. The molecule has 1 aliphatic rings. The third-order valence-corrected chi connectivity index (χ3v) is 4.52. The third kappa shape index (κ3) is 3.10. The zero-order valence-electron chi connectivity index (χ0n) is 9.58. The van der Waals surface area contributed by atoms with Crippen LogP contribution >= 0.6 is 0 Å². The summed E-state index contributed by atoms with van der Waals surface area (Å²) in [5, 5.41) is 3.11. The molecular formula is C12H15F2NOS. The molecule has 2 unspecified atom stereocenters. The zero-order chi connectivity index (χ0) is 12.4. The summed E-state index contributed by atoms with van der Waals surface area (Å²) in [6, 6.07) is 3.33. The highest BCUT2D eigenvalue weighted by Crippen LogP contribution is 2.33. The van der Waals surface area contributed by atoms with E-state index in [-0.39, 0.29) is 10.9 Å². The third-order valence-electron chi connectivity index (χ3n) is 3.03. The maximum atomic E-state index is 13.4. The standard InChI is InChI=1S/C12H15F2NOS/c1-15-11(8-2-3-8)7-17(16)12-5-4-9(13)6-10(12)14/h4-6,8,11,15H,2-3,7H2,1H3. The van der Waals surface area contributed by atoms with Gasteiger partial charge in [0.25, 0.3) is 0 Å². The van der Waals surface area contributed by atoms with Gasteiger partial charge in [-0.3, -0.25) is 4.21 Å². The Hall–Kier alpha value is -0.810. The molecule has 17 heavy (non-hydrogen) atoms. The summed E-state index contributed by atoms with van der Waals surface area (Å²) in [5.41, 5.74) is 0. The van der Waals surface area contributed by atoms with Crippen LogP contribution in [0.5, 0.6) is 0 Å². The van der Waals surface area contributed by atoms with Crippen molar-refractivity contribution in [3.63, 3.8) is 0 Å². The van der Waals surface area contributed by atoms with Crippen molar-refractivity contribution >= 4 is 10.8 Å². The van der Waals surface area contributed by atoms with Gasteiger partial charge in [-0.2, -0.15) is 0 Å². The van der Waals surface area contributed by atoms with Crippen LogP contribution in [-0.2, 0) is 10.8 Å². The second-order valence-electron chi connectivity index (χ2n) is 4.32. The second-order valence-corrected chi connectivity index (χ2v) is 5.78. The highest BCUT2D eigenvalue weighted by molar-refractivity contribution is 7.85. The molecule has 1 aliphatic carbocycles. The first kappa shape index (κ1) is 12.6. The van der Waals surface area contributed by atoms with Gasteiger partial charge in [0.1, 0.15) is 11.6 Å². The molecule has 0 bridgehead atoms. The molecule has 1 aromatic carbocycles. The Balaban J connectivity index is 2.08. The van der Waals surface area contributed by atoms with Gasteiger partial charge in [-0.25, -0.2) is 8.78 Å². The average Bonchev–Trinajstić information content (AvgIpc) is 3.09. The first-order valence-electron chi connectivity index (χ1n) is 5.62. The lowest BCUT2D eigenvalue weighted by atomic mass is 10.2. The maximum Gasteiger partial charge on any atom is 0.142 e. The van der Waals surface area contributed by atoms with Gasteiger partial charge in [-0.1, -0.05) is 0 Å². The van der Waals surface area contributed by atoms with Crippen LogP contribution in [0.3, 0.4) is 0 Å². The highest BCUT2D eigenvalue weighted by atomic mass is 32.2. The van der Waals surface area contributed by atoms with Crippen LogP contribution in [0, 0.1) is 17.6 Å². The lowest BCUT2D eigenvalue weighted by Gasteiger charge is -2.14. The van der Waals surface area contributed by atoms with Gasteiger partial charge in [-0.05, 0) is 37.9 Å². The Morgan fingerprint density at radius 3 is 2.71 bits per heavy atom. The van der Waals surface area contributed by atoms with E-state index >= 15 is 0 Å². The minimum Gasteiger partial charge on any atom is -0.316 e. The smallest absolute Gasteiger partial charge is 0.142 e. The molecule has 2 nitrogen and oxygen atoms in total. The highest BCUT2D eigenvalue weighted by Gasteiger charge is 2.31. The van der Waals surface area contributed by atoms with Crippen LogP contribution < -0.4 is 5.32 Å². The van der Waals surface area contributed by atoms with Crippen molar-refractivity contribution in [1.29, 1.82) is 0 Å². The topological polar surface area (TPSA) is 29.1 Å². The van der Waals surface area contributed by atoms with E-state index in [0.29, 0.717) is 11.7 Å². The Morgan fingerprint density at radius 2 is 2.18 bits per heavy atom. The molecule has 1 N–H and O–H groups in total. The Morgan fingerprint density at radius 1 is 1.47 bits per heavy atom. The molecule has 1 fully saturated rings. The Bertz CT molecular complexity index is 435. The first-order valence-corrected chi connectivity index (χ1v) is 6.94. The lowest BCUT2D eigenvalue weighted by Crippen LogP contribution is -2.33. The van der Waals surface area contributed by atoms with Gasteiger partial charge in [-0.15, -0.1) is 0 Å². The summed E-state index contributed by atoms with van der Waals surface area (Å²) < 4.78 is 38.1. The normalized spacial score (nSPS) is 19.0.